The summed E-state index contributed by atoms with van der Waals surface area (Å²) in [5.41, 5.74) is 0.0930. The quantitative estimate of drug-likeness (QED) is 0.691. The van der Waals surface area contributed by atoms with E-state index in [0.29, 0.717) is 29.0 Å². The molecule has 0 saturated heterocycles. The molecular weight excluding hydrogens is 413 g/mol. The van der Waals surface area contributed by atoms with Gasteiger partial charge in [0.25, 0.3) is 5.91 Å². The van der Waals surface area contributed by atoms with Crippen LogP contribution in [0.15, 0.2) is 42.5 Å². The van der Waals surface area contributed by atoms with Crippen LogP contribution in [0, 0.1) is 5.92 Å². The maximum Gasteiger partial charge on any atom is 0.416 e. The maximum atomic E-state index is 12.7. The Balaban J connectivity index is 1.64. The average molecular weight is 436 g/mol. The van der Waals surface area contributed by atoms with Crippen LogP contribution >= 0.6 is 0 Å². The normalized spacial score (nSPS) is 14.6. The Morgan fingerprint density at radius 1 is 1.06 bits per heavy atom. The van der Waals surface area contributed by atoms with Gasteiger partial charge in [0.1, 0.15) is 6.04 Å². The van der Waals surface area contributed by atoms with Crippen molar-refractivity contribution in [2.75, 3.05) is 6.79 Å². The lowest BCUT2D eigenvalue weighted by Crippen LogP contribution is -2.50. The van der Waals surface area contributed by atoms with Gasteiger partial charge >= 0.3 is 6.18 Å². The summed E-state index contributed by atoms with van der Waals surface area (Å²) in [5.74, 6) is -0.00834. The summed E-state index contributed by atoms with van der Waals surface area (Å²) < 4.78 is 48.5. The summed E-state index contributed by atoms with van der Waals surface area (Å²) in [6.45, 7) is 3.86. The molecule has 9 heteroatoms. The molecule has 1 aliphatic rings. The van der Waals surface area contributed by atoms with Gasteiger partial charge in [-0.25, -0.2) is 0 Å². The second-order valence-corrected chi connectivity index (χ2v) is 7.32. The lowest BCUT2D eigenvalue weighted by Gasteiger charge is -2.23. The summed E-state index contributed by atoms with van der Waals surface area (Å²) in [4.78, 5) is 25.4. The molecule has 0 unspecified atom stereocenters. The van der Waals surface area contributed by atoms with Gasteiger partial charge in [-0.05, 0) is 41.8 Å². The number of benzene rings is 2. The van der Waals surface area contributed by atoms with Gasteiger partial charge in [-0.1, -0.05) is 32.4 Å². The third kappa shape index (κ3) is 5.48. The highest BCUT2D eigenvalue weighted by Gasteiger charge is 2.30. The minimum Gasteiger partial charge on any atom is -0.454 e. The molecule has 0 spiro atoms. The Labute approximate surface area is 177 Å². The summed E-state index contributed by atoms with van der Waals surface area (Å²) in [7, 11) is 0. The van der Waals surface area contributed by atoms with Crippen molar-refractivity contribution >= 4 is 11.8 Å². The van der Waals surface area contributed by atoms with E-state index in [1.54, 1.807) is 18.2 Å². The van der Waals surface area contributed by atoms with E-state index >= 15 is 0 Å². The summed E-state index contributed by atoms with van der Waals surface area (Å²) >= 11 is 0. The molecule has 2 N–H and O–H groups in total. The molecule has 2 amide bonds. The van der Waals surface area contributed by atoms with E-state index < -0.39 is 29.6 Å². The average Bonchev–Trinajstić information content (AvgIpc) is 3.22. The van der Waals surface area contributed by atoms with E-state index in [4.69, 9.17) is 9.47 Å². The van der Waals surface area contributed by atoms with Crippen molar-refractivity contribution in [3.05, 3.63) is 59.2 Å². The molecular formula is C22H23F3N2O4. The number of ether oxygens (including phenoxy) is 2. The molecule has 0 aromatic heterocycles. The topological polar surface area (TPSA) is 76.7 Å². The molecule has 0 radical (unpaired) electrons. The molecule has 0 bridgehead atoms. The van der Waals surface area contributed by atoms with Gasteiger partial charge in [0.2, 0.25) is 12.7 Å². The number of amides is 2. The molecule has 31 heavy (non-hydrogen) atoms. The molecule has 2 atom stereocenters. The Hall–Kier alpha value is -3.23. The third-order valence-corrected chi connectivity index (χ3v) is 5.16. The molecule has 0 saturated carbocycles. The number of hydrogen-bond acceptors (Lipinski definition) is 4. The molecule has 6 nitrogen and oxygen atoms in total. The van der Waals surface area contributed by atoms with E-state index in [2.05, 4.69) is 10.6 Å². The molecule has 166 valence electrons. The molecule has 3 rings (SSSR count). The highest BCUT2D eigenvalue weighted by Crippen LogP contribution is 2.32. The van der Waals surface area contributed by atoms with Gasteiger partial charge in [0, 0.05) is 12.1 Å². The second-order valence-electron chi connectivity index (χ2n) is 7.32. The molecule has 2 aromatic rings. The van der Waals surface area contributed by atoms with Crippen molar-refractivity contribution in [3.8, 4) is 11.5 Å². The van der Waals surface area contributed by atoms with Crippen LogP contribution < -0.4 is 20.1 Å². The Morgan fingerprint density at radius 3 is 2.39 bits per heavy atom. The first-order valence-electron chi connectivity index (χ1n) is 9.83. The third-order valence-electron chi connectivity index (χ3n) is 5.16. The lowest BCUT2D eigenvalue weighted by atomic mass is 9.97. The van der Waals surface area contributed by atoms with E-state index in [-0.39, 0.29) is 19.3 Å². The first-order valence-corrected chi connectivity index (χ1v) is 9.83. The van der Waals surface area contributed by atoms with Crippen molar-refractivity contribution in [1.29, 1.82) is 0 Å². The van der Waals surface area contributed by atoms with Gasteiger partial charge in [-0.15, -0.1) is 0 Å². The van der Waals surface area contributed by atoms with Gasteiger partial charge in [-0.3, -0.25) is 9.59 Å². The molecule has 1 heterocycles. The van der Waals surface area contributed by atoms with E-state index in [9.17, 15) is 22.8 Å². The number of carbonyl (C=O) groups is 2. The predicted molar refractivity (Wildman–Crippen MR) is 107 cm³/mol. The number of halogens is 3. The number of fused-ring (bicyclic) bond motifs is 1. The molecule has 1 aliphatic heterocycles. The van der Waals surface area contributed by atoms with Gasteiger partial charge in [-0.2, -0.15) is 13.2 Å². The van der Waals surface area contributed by atoms with Crippen LogP contribution in [0.4, 0.5) is 13.2 Å². The first kappa shape index (κ1) is 22.5. The Kier molecular flexibility index (Phi) is 6.72. The van der Waals surface area contributed by atoms with E-state index in [1.165, 1.54) is 12.1 Å². The number of hydrogen-bond donors (Lipinski definition) is 2. The van der Waals surface area contributed by atoms with Crippen molar-refractivity contribution < 1.29 is 32.2 Å². The zero-order chi connectivity index (χ0) is 22.6. The largest absolute Gasteiger partial charge is 0.454 e. The van der Waals surface area contributed by atoms with Crippen LogP contribution in [0.2, 0.25) is 0 Å². The Morgan fingerprint density at radius 2 is 1.74 bits per heavy atom. The van der Waals surface area contributed by atoms with Crippen molar-refractivity contribution in [2.45, 2.75) is 39.0 Å². The van der Waals surface area contributed by atoms with Gasteiger partial charge in [0.05, 0.1) is 5.56 Å². The van der Waals surface area contributed by atoms with Crippen LogP contribution in [-0.4, -0.2) is 24.6 Å². The van der Waals surface area contributed by atoms with Crippen LogP contribution in [0.3, 0.4) is 0 Å². The van der Waals surface area contributed by atoms with Crippen LogP contribution in [0.5, 0.6) is 11.5 Å². The van der Waals surface area contributed by atoms with Crippen LogP contribution in [-0.2, 0) is 17.5 Å². The van der Waals surface area contributed by atoms with Crippen molar-refractivity contribution in [1.82, 2.24) is 10.6 Å². The van der Waals surface area contributed by atoms with E-state index in [0.717, 1.165) is 12.1 Å². The number of rotatable bonds is 7. The number of alkyl halides is 3. The zero-order valence-corrected chi connectivity index (χ0v) is 17.1. The Bertz CT molecular complexity index is 945. The van der Waals surface area contributed by atoms with Crippen molar-refractivity contribution in [2.24, 2.45) is 5.92 Å². The molecule has 0 aliphatic carbocycles. The molecule has 2 aromatic carbocycles. The highest BCUT2D eigenvalue weighted by molar-refractivity contribution is 5.98. The predicted octanol–water partition coefficient (Wildman–Crippen LogP) is 3.90. The fraction of sp³-hybridized carbons (Fsp3) is 0.364. The molecule has 0 fully saturated rings. The smallest absolute Gasteiger partial charge is 0.416 e. The highest BCUT2D eigenvalue weighted by atomic mass is 19.4. The van der Waals surface area contributed by atoms with Crippen LogP contribution in [0.1, 0.15) is 41.8 Å². The van der Waals surface area contributed by atoms with Crippen molar-refractivity contribution in [3.63, 3.8) is 0 Å². The first-order chi connectivity index (χ1) is 14.7. The standard InChI is InChI=1S/C22H23F3N2O4/c1-3-13(2)19(27-20(28)15-6-9-17-18(10-15)31-12-30-17)21(29)26-11-14-4-7-16(8-5-14)22(23,24)25/h4-10,13,19H,3,11-12H2,1-2H3,(H,26,29)(H,27,28)/t13-,19-/m0/s1. The van der Waals surface area contributed by atoms with Crippen LogP contribution in [0.25, 0.3) is 0 Å². The lowest BCUT2D eigenvalue weighted by molar-refractivity contribution is -0.137. The number of nitrogens with one attached hydrogen (secondary N) is 2. The summed E-state index contributed by atoms with van der Waals surface area (Å²) in [6, 6.07) is 8.50. The monoisotopic (exact) mass is 436 g/mol. The SMILES string of the molecule is CC[C@H](C)[C@H](NC(=O)c1ccc2c(c1)OCO2)C(=O)NCc1ccc(C(F)(F)F)cc1. The summed E-state index contributed by atoms with van der Waals surface area (Å²) in [6.07, 6.45) is -3.78. The number of carbonyl (C=O) groups excluding carboxylic acids is 2. The van der Waals surface area contributed by atoms with Gasteiger partial charge in [0.15, 0.2) is 11.5 Å². The fourth-order valence-corrected chi connectivity index (χ4v) is 3.07. The zero-order valence-electron chi connectivity index (χ0n) is 17.1. The maximum absolute atomic E-state index is 12.7. The minimum atomic E-state index is -4.41. The fourth-order valence-electron chi connectivity index (χ4n) is 3.07. The second kappa shape index (κ2) is 9.28. The van der Waals surface area contributed by atoms with Gasteiger partial charge < -0.3 is 20.1 Å². The minimum absolute atomic E-state index is 0.0454. The van der Waals surface area contributed by atoms with E-state index in [1.807, 2.05) is 13.8 Å². The summed E-state index contributed by atoms with van der Waals surface area (Å²) in [5, 5.41) is 5.44.